The number of halogens is 2. The van der Waals surface area contributed by atoms with E-state index in [0.29, 0.717) is 20.7 Å². The number of aliphatic carboxylic acids is 1. The minimum absolute atomic E-state index is 0.0739. The average Bonchev–Trinajstić information content (AvgIpc) is 3.00. The van der Waals surface area contributed by atoms with E-state index in [1.54, 1.807) is 11.6 Å². The van der Waals surface area contributed by atoms with Crippen LogP contribution in [0.15, 0.2) is 44.8 Å². The highest BCUT2D eigenvalue weighted by molar-refractivity contribution is 9.10. The quantitative estimate of drug-likeness (QED) is 0.855. The molecule has 0 bridgehead atoms. The molecule has 0 fully saturated rings. The molecule has 0 aliphatic carbocycles. The first-order chi connectivity index (χ1) is 10.6. The summed E-state index contributed by atoms with van der Waals surface area (Å²) in [6.07, 6.45) is 3.03. The Morgan fingerprint density at radius 3 is 2.91 bits per heavy atom. The van der Waals surface area contributed by atoms with E-state index in [0.717, 1.165) is 0 Å². The normalized spacial score (nSPS) is 17.5. The summed E-state index contributed by atoms with van der Waals surface area (Å²) in [6, 6.07) is 3.35. The third-order valence-electron chi connectivity index (χ3n) is 3.11. The molecule has 1 aromatic carbocycles. The first-order valence-corrected chi connectivity index (χ1v) is 7.85. The maximum absolute atomic E-state index is 13.3. The second kappa shape index (κ2) is 5.98. The van der Waals surface area contributed by atoms with Crippen LogP contribution in [0.4, 0.5) is 4.39 Å². The van der Waals surface area contributed by atoms with Crippen LogP contribution in [-0.4, -0.2) is 22.4 Å². The molecule has 2 N–H and O–H groups in total. The lowest BCUT2D eigenvalue weighted by atomic mass is 9.96. The van der Waals surface area contributed by atoms with Crippen LogP contribution >= 0.6 is 27.3 Å². The number of nitrogens with zero attached hydrogens (tertiary/aromatic N) is 2. The van der Waals surface area contributed by atoms with Gasteiger partial charge in [-0.05, 0) is 17.7 Å². The van der Waals surface area contributed by atoms with Crippen LogP contribution in [0.5, 0.6) is 0 Å². The molecule has 0 unspecified atom stereocenters. The molecule has 8 heteroatoms. The lowest BCUT2D eigenvalue weighted by Gasteiger charge is -2.22. The molecule has 1 atom stereocenters. The number of nitrogens with one attached hydrogen (secondary N) is 1. The number of aromatic nitrogens is 1. The van der Waals surface area contributed by atoms with Gasteiger partial charge in [-0.3, -0.25) is 4.99 Å². The molecular weight excluding hydrogens is 373 g/mol. The highest BCUT2D eigenvalue weighted by Crippen LogP contribution is 2.37. The largest absolute Gasteiger partial charge is 0.478 e. The zero-order valence-electron chi connectivity index (χ0n) is 11.0. The smallest absolute Gasteiger partial charge is 0.336 e. The van der Waals surface area contributed by atoms with Gasteiger partial charge in [0.05, 0.1) is 17.6 Å². The molecule has 0 spiro atoms. The molecule has 0 amide bonds. The van der Waals surface area contributed by atoms with E-state index < -0.39 is 17.8 Å². The van der Waals surface area contributed by atoms with E-state index in [1.165, 1.54) is 35.9 Å². The number of hydrogen-bond donors (Lipinski definition) is 2. The van der Waals surface area contributed by atoms with Gasteiger partial charge in [0.1, 0.15) is 16.9 Å². The Balaban J connectivity index is 2.15. The Labute approximate surface area is 137 Å². The number of carboxylic acids is 1. The Hall–Kier alpha value is -2.06. The van der Waals surface area contributed by atoms with Crippen molar-refractivity contribution >= 4 is 45.3 Å². The first-order valence-electron chi connectivity index (χ1n) is 6.18. The summed E-state index contributed by atoms with van der Waals surface area (Å²) < 4.78 is 13.7. The van der Waals surface area contributed by atoms with E-state index in [-0.39, 0.29) is 5.57 Å². The molecular formula is C14H9BrFN3O2S. The monoisotopic (exact) mass is 381 g/mol. The number of aliphatic imine (C=N–C) groups is 1. The van der Waals surface area contributed by atoms with Gasteiger partial charge in [-0.1, -0.05) is 22.0 Å². The van der Waals surface area contributed by atoms with Crippen LogP contribution in [0.3, 0.4) is 0 Å². The predicted molar refractivity (Wildman–Crippen MR) is 85.1 cm³/mol. The van der Waals surface area contributed by atoms with Crippen LogP contribution in [0, 0.1) is 5.82 Å². The Bertz CT molecular complexity index is 789. The van der Waals surface area contributed by atoms with Crippen LogP contribution in [0.25, 0.3) is 5.70 Å². The van der Waals surface area contributed by atoms with Crippen LogP contribution in [0.1, 0.15) is 16.6 Å². The second-order valence-corrected chi connectivity index (χ2v) is 6.17. The molecule has 2 heterocycles. The summed E-state index contributed by atoms with van der Waals surface area (Å²) in [5.74, 6) is -1.51. The van der Waals surface area contributed by atoms with Crippen molar-refractivity contribution in [3.63, 3.8) is 0 Å². The van der Waals surface area contributed by atoms with Crippen molar-refractivity contribution in [3.8, 4) is 0 Å². The predicted octanol–water partition coefficient (Wildman–Crippen LogP) is 3.21. The van der Waals surface area contributed by atoms with Crippen molar-refractivity contribution < 1.29 is 14.3 Å². The summed E-state index contributed by atoms with van der Waals surface area (Å²) in [4.78, 5) is 20.1. The van der Waals surface area contributed by atoms with E-state index in [4.69, 9.17) is 0 Å². The molecule has 22 heavy (non-hydrogen) atoms. The Morgan fingerprint density at radius 2 is 2.27 bits per heavy atom. The van der Waals surface area contributed by atoms with Gasteiger partial charge in [0.25, 0.3) is 0 Å². The molecule has 112 valence electrons. The number of thiazole rings is 1. The van der Waals surface area contributed by atoms with Crippen molar-refractivity contribution in [1.29, 1.82) is 0 Å². The molecule has 5 nitrogen and oxygen atoms in total. The van der Waals surface area contributed by atoms with Gasteiger partial charge in [-0.25, -0.2) is 14.2 Å². The molecule has 1 aromatic heterocycles. The van der Waals surface area contributed by atoms with Crippen LogP contribution in [0.2, 0.25) is 0 Å². The lowest BCUT2D eigenvalue weighted by Crippen LogP contribution is -2.25. The van der Waals surface area contributed by atoms with Gasteiger partial charge in [-0.15, -0.1) is 11.3 Å². The zero-order chi connectivity index (χ0) is 15.7. The number of benzene rings is 1. The molecule has 1 aliphatic rings. The summed E-state index contributed by atoms with van der Waals surface area (Å²) in [6.45, 7) is 0. The molecule has 0 saturated carbocycles. The maximum atomic E-state index is 13.3. The SMILES string of the molecule is O=C(O)C1=C(c2nccs2)NC=N[C@H]1c1ccc(F)cc1Br. The second-order valence-electron chi connectivity index (χ2n) is 4.42. The molecule has 2 aromatic rings. The first kappa shape index (κ1) is 14.9. The van der Waals surface area contributed by atoms with E-state index in [9.17, 15) is 14.3 Å². The van der Waals surface area contributed by atoms with Crippen molar-refractivity contribution in [1.82, 2.24) is 10.3 Å². The standard InChI is InChI=1S/C14H9BrFN3O2S/c15-9-5-7(16)1-2-8(9)11-10(14(20)21)12(19-6-18-11)13-17-3-4-22-13/h1-6,11H,(H,18,19)(H,20,21)/t11-/m0/s1. The molecule has 0 saturated heterocycles. The number of rotatable bonds is 3. The van der Waals surface area contributed by atoms with E-state index in [1.807, 2.05) is 0 Å². The fourth-order valence-corrected chi connectivity index (χ4v) is 3.40. The summed E-state index contributed by atoms with van der Waals surface area (Å²) in [5.41, 5.74) is 1.05. The van der Waals surface area contributed by atoms with Gasteiger partial charge in [0, 0.05) is 16.0 Å². The Morgan fingerprint density at radius 1 is 1.45 bits per heavy atom. The highest BCUT2D eigenvalue weighted by atomic mass is 79.9. The van der Waals surface area contributed by atoms with Crippen molar-refractivity contribution in [3.05, 3.63) is 56.2 Å². The van der Waals surface area contributed by atoms with Crippen molar-refractivity contribution in [2.24, 2.45) is 4.99 Å². The van der Waals surface area contributed by atoms with Crippen LogP contribution in [-0.2, 0) is 4.79 Å². The Kier molecular flexibility index (Phi) is 4.04. The highest BCUT2D eigenvalue weighted by Gasteiger charge is 2.31. The fourth-order valence-electron chi connectivity index (χ4n) is 2.17. The molecule has 3 rings (SSSR count). The van der Waals surface area contributed by atoms with Gasteiger partial charge in [0.2, 0.25) is 0 Å². The van der Waals surface area contributed by atoms with Crippen LogP contribution < -0.4 is 5.32 Å². The van der Waals surface area contributed by atoms with E-state index >= 15 is 0 Å². The molecule has 1 aliphatic heterocycles. The minimum Gasteiger partial charge on any atom is -0.478 e. The summed E-state index contributed by atoms with van der Waals surface area (Å²) in [5, 5.41) is 14.8. The van der Waals surface area contributed by atoms with Gasteiger partial charge in [-0.2, -0.15) is 0 Å². The van der Waals surface area contributed by atoms with Crippen molar-refractivity contribution in [2.75, 3.05) is 0 Å². The maximum Gasteiger partial charge on any atom is 0.336 e. The van der Waals surface area contributed by atoms with Gasteiger partial charge >= 0.3 is 5.97 Å². The van der Waals surface area contributed by atoms with Gasteiger partial charge in [0.15, 0.2) is 0 Å². The summed E-state index contributed by atoms with van der Waals surface area (Å²) in [7, 11) is 0. The van der Waals surface area contributed by atoms with Crippen molar-refractivity contribution in [2.45, 2.75) is 6.04 Å². The fraction of sp³-hybridized carbons (Fsp3) is 0.0714. The summed E-state index contributed by atoms with van der Waals surface area (Å²) >= 11 is 4.59. The third kappa shape index (κ3) is 2.67. The number of hydrogen-bond acceptors (Lipinski definition) is 5. The average molecular weight is 382 g/mol. The van der Waals surface area contributed by atoms with Gasteiger partial charge < -0.3 is 10.4 Å². The topological polar surface area (TPSA) is 74.6 Å². The lowest BCUT2D eigenvalue weighted by molar-refractivity contribution is -0.132. The number of carbonyl (C=O) groups is 1. The minimum atomic E-state index is -1.10. The zero-order valence-corrected chi connectivity index (χ0v) is 13.4. The third-order valence-corrected chi connectivity index (χ3v) is 4.59. The number of carboxylic acid groups (broad SMARTS) is 1. The van der Waals surface area contributed by atoms with E-state index in [2.05, 4.69) is 31.2 Å². The molecule has 0 radical (unpaired) electrons.